The Bertz CT molecular complexity index is 1050. The van der Waals surface area contributed by atoms with Crippen molar-refractivity contribution in [3.05, 3.63) is 101 Å². The van der Waals surface area contributed by atoms with Crippen LogP contribution in [0.3, 0.4) is 0 Å². The summed E-state index contributed by atoms with van der Waals surface area (Å²) in [6.45, 7) is 0.689. The molecule has 0 saturated heterocycles. The molecule has 1 heterocycles. The van der Waals surface area contributed by atoms with Crippen molar-refractivity contribution in [2.75, 3.05) is 18.5 Å². The van der Waals surface area contributed by atoms with Crippen LogP contribution in [0.15, 0.2) is 83.9 Å². The van der Waals surface area contributed by atoms with Crippen LogP contribution in [0.2, 0.25) is 5.02 Å². The van der Waals surface area contributed by atoms with Crippen LogP contribution in [0.1, 0.15) is 23.1 Å². The van der Waals surface area contributed by atoms with Crippen LogP contribution in [0.25, 0.3) is 0 Å². The third kappa shape index (κ3) is 5.34. The number of amides is 1. The fourth-order valence-electron chi connectivity index (χ4n) is 3.66. The number of fused-ring (bicyclic) bond motifs is 1. The average Bonchev–Trinajstić information content (AvgIpc) is 2.89. The largest absolute Gasteiger partial charge is 0.312 e. The number of aryl methyl sites for hydroxylation is 1. The molecule has 1 atom stereocenters. The van der Waals surface area contributed by atoms with Crippen LogP contribution < -0.4 is 10.2 Å². The number of para-hydroxylation sites is 1. The molecule has 0 unspecified atom stereocenters. The highest BCUT2D eigenvalue weighted by Crippen LogP contribution is 2.27. The SMILES string of the molecule is CN1C(=O)[C@H](NCCCc2ccc(Cl)cc2)N=C(c2ccccc2)c2ccccc21.Cl. The molecule has 0 fully saturated rings. The first-order valence-corrected chi connectivity index (χ1v) is 10.5. The van der Waals surface area contributed by atoms with Gasteiger partial charge in [0.2, 0.25) is 0 Å². The number of likely N-dealkylation sites (N-methyl/N-ethyl adjacent to an activating group) is 1. The van der Waals surface area contributed by atoms with E-state index in [1.807, 2.05) is 85.9 Å². The number of hydrogen-bond acceptors (Lipinski definition) is 3. The maximum atomic E-state index is 13.1. The van der Waals surface area contributed by atoms with Crippen molar-refractivity contribution < 1.29 is 4.79 Å². The Labute approximate surface area is 194 Å². The molecule has 3 aromatic carbocycles. The number of halogens is 2. The summed E-state index contributed by atoms with van der Waals surface area (Å²) in [5.41, 5.74) is 4.90. The molecule has 0 aromatic heterocycles. The predicted octanol–water partition coefficient (Wildman–Crippen LogP) is 5.12. The lowest BCUT2D eigenvalue weighted by molar-refractivity contribution is -0.120. The summed E-state index contributed by atoms with van der Waals surface area (Å²) in [7, 11) is 1.81. The highest BCUT2D eigenvalue weighted by atomic mass is 35.5. The second-order valence-electron chi connectivity index (χ2n) is 7.34. The summed E-state index contributed by atoms with van der Waals surface area (Å²) in [5, 5.41) is 4.10. The number of benzene rings is 3. The first-order chi connectivity index (χ1) is 14.6. The van der Waals surface area contributed by atoms with Gasteiger partial charge in [-0.3, -0.25) is 15.1 Å². The van der Waals surface area contributed by atoms with Gasteiger partial charge in [0.15, 0.2) is 6.17 Å². The summed E-state index contributed by atoms with van der Waals surface area (Å²) in [6, 6.07) is 25.8. The molecule has 0 bridgehead atoms. The van der Waals surface area contributed by atoms with E-state index in [0.29, 0.717) is 6.54 Å². The van der Waals surface area contributed by atoms with Crippen molar-refractivity contribution in [1.82, 2.24) is 5.32 Å². The van der Waals surface area contributed by atoms with Crippen molar-refractivity contribution in [2.24, 2.45) is 4.99 Å². The number of hydrogen-bond donors (Lipinski definition) is 1. The Morgan fingerprint density at radius 3 is 2.39 bits per heavy atom. The van der Waals surface area contributed by atoms with E-state index in [1.54, 1.807) is 4.90 Å². The average molecular weight is 454 g/mol. The topological polar surface area (TPSA) is 44.7 Å². The Hall–Kier alpha value is -2.66. The summed E-state index contributed by atoms with van der Waals surface area (Å²) in [6.07, 6.45) is 1.19. The van der Waals surface area contributed by atoms with E-state index in [-0.39, 0.29) is 18.3 Å². The van der Waals surface area contributed by atoms with Crippen LogP contribution >= 0.6 is 24.0 Å². The number of carbonyl (C=O) groups is 1. The maximum Gasteiger partial charge on any atom is 0.266 e. The lowest BCUT2D eigenvalue weighted by Crippen LogP contribution is -2.44. The molecule has 0 saturated carbocycles. The molecule has 160 valence electrons. The summed E-state index contributed by atoms with van der Waals surface area (Å²) >= 11 is 5.95. The zero-order valence-corrected chi connectivity index (χ0v) is 18.9. The lowest BCUT2D eigenvalue weighted by Gasteiger charge is -2.21. The second-order valence-corrected chi connectivity index (χ2v) is 7.78. The molecule has 3 aromatic rings. The molecule has 31 heavy (non-hydrogen) atoms. The van der Waals surface area contributed by atoms with Gasteiger partial charge in [-0.2, -0.15) is 0 Å². The lowest BCUT2D eigenvalue weighted by atomic mass is 10.0. The zero-order chi connectivity index (χ0) is 20.9. The zero-order valence-electron chi connectivity index (χ0n) is 17.3. The minimum absolute atomic E-state index is 0. The fourth-order valence-corrected chi connectivity index (χ4v) is 3.79. The molecular weight excluding hydrogens is 429 g/mol. The monoisotopic (exact) mass is 453 g/mol. The Morgan fingerprint density at radius 1 is 0.968 bits per heavy atom. The first-order valence-electron chi connectivity index (χ1n) is 10.1. The van der Waals surface area contributed by atoms with Crippen LogP contribution in [0.5, 0.6) is 0 Å². The van der Waals surface area contributed by atoms with E-state index in [9.17, 15) is 4.79 Å². The van der Waals surface area contributed by atoms with Gasteiger partial charge in [-0.05, 0) is 43.1 Å². The summed E-state index contributed by atoms with van der Waals surface area (Å²) < 4.78 is 0. The van der Waals surface area contributed by atoms with Gasteiger partial charge >= 0.3 is 0 Å². The molecule has 6 heteroatoms. The smallest absolute Gasteiger partial charge is 0.266 e. The fraction of sp³-hybridized carbons (Fsp3) is 0.200. The van der Waals surface area contributed by atoms with Crippen molar-refractivity contribution in [2.45, 2.75) is 19.0 Å². The van der Waals surface area contributed by atoms with Gasteiger partial charge in [0.1, 0.15) is 0 Å². The molecule has 1 aliphatic heterocycles. The standard InChI is InChI=1S/C25H24ClN3O.ClH/c1-29-22-12-6-5-11-21(22)23(19-9-3-2-4-10-19)28-24(25(29)30)27-17-7-8-18-13-15-20(26)16-14-18;/h2-6,9-16,24,27H,7-8,17H2,1H3;1H/t24-;/m1./s1. The van der Waals surface area contributed by atoms with Crippen LogP contribution in [-0.2, 0) is 11.2 Å². The second kappa shape index (κ2) is 10.6. The predicted molar refractivity (Wildman–Crippen MR) is 131 cm³/mol. The van der Waals surface area contributed by atoms with E-state index >= 15 is 0 Å². The third-order valence-electron chi connectivity index (χ3n) is 5.28. The number of nitrogens with zero attached hydrogens (tertiary/aromatic N) is 2. The van der Waals surface area contributed by atoms with Gasteiger partial charge in [-0.25, -0.2) is 0 Å². The summed E-state index contributed by atoms with van der Waals surface area (Å²) in [4.78, 5) is 19.7. The maximum absolute atomic E-state index is 13.1. The van der Waals surface area contributed by atoms with Crippen LogP contribution in [0, 0.1) is 0 Å². The van der Waals surface area contributed by atoms with Crippen LogP contribution in [-0.4, -0.2) is 31.4 Å². The normalized spacial score (nSPS) is 15.5. The van der Waals surface area contributed by atoms with Crippen molar-refractivity contribution in [3.8, 4) is 0 Å². The quantitative estimate of drug-likeness (QED) is 0.526. The Balaban J connectivity index is 0.00000272. The van der Waals surface area contributed by atoms with E-state index in [2.05, 4.69) is 5.32 Å². The first kappa shape index (κ1) is 23.0. The minimum Gasteiger partial charge on any atom is -0.312 e. The number of nitrogens with one attached hydrogen (secondary N) is 1. The number of aliphatic imine (C=N–C) groups is 1. The molecule has 0 radical (unpaired) electrons. The van der Waals surface area contributed by atoms with Crippen molar-refractivity contribution >= 4 is 41.3 Å². The third-order valence-corrected chi connectivity index (χ3v) is 5.54. The minimum atomic E-state index is -0.622. The summed E-state index contributed by atoms with van der Waals surface area (Å²) in [5.74, 6) is -0.0557. The van der Waals surface area contributed by atoms with Crippen LogP contribution in [0.4, 0.5) is 5.69 Å². The molecule has 4 rings (SSSR count). The molecule has 0 aliphatic carbocycles. The van der Waals surface area contributed by atoms with Crippen molar-refractivity contribution in [1.29, 1.82) is 0 Å². The molecule has 1 amide bonds. The number of rotatable bonds is 6. The van der Waals surface area contributed by atoms with Gasteiger partial charge in [0, 0.05) is 23.2 Å². The van der Waals surface area contributed by atoms with Gasteiger partial charge in [0.25, 0.3) is 5.91 Å². The van der Waals surface area contributed by atoms with E-state index in [0.717, 1.165) is 40.4 Å². The van der Waals surface area contributed by atoms with Crippen molar-refractivity contribution in [3.63, 3.8) is 0 Å². The number of benzodiazepines with no additional fused rings is 1. The molecule has 0 spiro atoms. The Kier molecular flexibility index (Phi) is 7.85. The molecular formula is C25H25Cl2N3O. The van der Waals surface area contributed by atoms with Gasteiger partial charge in [-0.1, -0.05) is 72.3 Å². The van der Waals surface area contributed by atoms with E-state index in [1.165, 1.54) is 5.56 Å². The van der Waals surface area contributed by atoms with E-state index in [4.69, 9.17) is 16.6 Å². The molecule has 1 aliphatic rings. The number of anilines is 1. The van der Waals surface area contributed by atoms with E-state index < -0.39 is 6.17 Å². The van der Waals surface area contributed by atoms with Gasteiger partial charge < -0.3 is 4.90 Å². The number of carbonyl (C=O) groups excluding carboxylic acids is 1. The highest BCUT2D eigenvalue weighted by molar-refractivity contribution is 6.30. The molecule has 4 nitrogen and oxygen atoms in total. The van der Waals surface area contributed by atoms with Gasteiger partial charge in [0.05, 0.1) is 11.4 Å². The molecule has 1 N–H and O–H groups in total. The Morgan fingerprint density at radius 2 is 1.65 bits per heavy atom. The van der Waals surface area contributed by atoms with Gasteiger partial charge in [-0.15, -0.1) is 12.4 Å². The highest BCUT2D eigenvalue weighted by Gasteiger charge is 2.29.